The Balaban J connectivity index is 0.00000312. The van der Waals surface area contributed by atoms with Crippen molar-refractivity contribution in [1.29, 1.82) is 0 Å². The molecule has 1 aliphatic rings. The highest BCUT2D eigenvalue weighted by atomic mass is 35.5. The molecule has 0 spiro atoms. The van der Waals surface area contributed by atoms with Gasteiger partial charge in [-0.3, -0.25) is 14.5 Å². The summed E-state index contributed by atoms with van der Waals surface area (Å²) < 4.78 is 0. The second kappa shape index (κ2) is 12.9. The minimum absolute atomic E-state index is 0. The monoisotopic (exact) mass is 404 g/mol. The number of benzene rings is 1. The number of carbonyl (C=O) groups is 2. The summed E-state index contributed by atoms with van der Waals surface area (Å²) in [4.78, 5) is 28.0. The van der Waals surface area contributed by atoms with Gasteiger partial charge >= 0.3 is 0 Å². The number of carbonyl (C=O) groups excluding carboxylic acids is 2. The van der Waals surface area contributed by atoms with E-state index in [-0.39, 0.29) is 49.2 Å². The summed E-state index contributed by atoms with van der Waals surface area (Å²) in [6.07, 6.45) is 1.01. The van der Waals surface area contributed by atoms with Gasteiger partial charge in [0.25, 0.3) is 0 Å². The summed E-state index contributed by atoms with van der Waals surface area (Å²) in [6.45, 7) is 6.00. The van der Waals surface area contributed by atoms with Crippen molar-refractivity contribution in [2.75, 3.05) is 32.7 Å². The zero-order valence-electron chi connectivity index (χ0n) is 15.2. The molecule has 0 aliphatic carbocycles. The highest BCUT2D eigenvalue weighted by Crippen LogP contribution is 2.08. The summed E-state index contributed by atoms with van der Waals surface area (Å²) >= 11 is 0. The molecule has 0 aromatic heterocycles. The molecule has 1 atom stereocenters. The maximum atomic E-state index is 12.2. The number of nitrogens with zero attached hydrogens (tertiary/aromatic N) is 2. The number of rotatable bonds is 7. The van der Waals surface area contributed by atoms with Crippen LogP contribution in [0.2, 0.25) is 0 Å². The molecule has 1 unspecified atom stereocenters. The first-order valence-electron chi connectivity index (χ1n) is 8.61. The first-order valence-corrected chi connectivity index (χ1v) is 8.61. The average Bonchev–Trinajstić information content (AvgIpc) is 2.59. The fourth-order valence-electron chi connectivity index (χ4n) is 2.73. The molecule has 0 bridgehead atoms. The van der Waals surface area contributed by atoms with Crippen LogP contribution >= 0.6 is 24.8 Å². The molecule has 0 radical (unpaired) electrons. The van der Waals surface area contributed by atoms with Crippen molar-refractivity contribution in [1.82, 2.24) is 15.1 Å². The van der Waals surface area contributed by atoms with Gasteiger partial charge in [0.05, 0.1) is 6.54 Å². The predicted octanol–water partition coefficient (Wildman–Crippen LogP) is 1.42. The fraction of sp³-hybridized carbons (Fsp3) is 0.556. The molecular formula is C18H30Cl2N4O2. The van der Waals surface area contributed by atoms with Crippen LogP contribution in [0.25, 0.3) is 0 Å². The van der Waals surface area contributed by atoms with E-state index in [1.165, 1.54) is 5.56 Å². The third-order valence-corrected chi connectivity index (χ3v) is 4.24. The predicted molar refractivity (Wildman–Crippen MR) is 109 cm³/mol. The van der Waals surface area contributed by atoms with Crippen LogP contribution in [-0.4, -0.2) is 60.4 Å². The van der Waals surface area contributed by atoms with Crippen molar-refractivity contribution in [3.05, 3.63) is 35.9 Å². The van der Waals surface area contributed by atoms with Crippen molar-refractivity contribution in [3.8, 4) is 0 Å². The number of halogens is 2. The standard InChI is InChI=1S/C18H28N4O2.2ClH/c1-15(19)7-8-17(23)20-13-18(24)22-11-9-21(10-12-22)14-16-5-3-2-4-6-16;;/h2-6,15H,7-14,19H2,1H3,(H,20,23);2*1H. The minimum Gasteiger partial charge on any atom is -0.347 e. The zero-order valence-corrected chi connectivity index (χ0v) is 16.9. The van der Waals surface area contributed by atoms with Gasteiger partial charge in [-0.15, -0.1) is 24.8 Å². The van der Waals surface area contributed by atoms with Gasteiger partial charge in [0.1, 0.15) is 0 Å². The Bertz CT molecular complexity index is 535. The largest absolute Gasteiger partial charge is 0.347 e. The van der Waals surface area contributed by atoms with Crippen LogP contribution in [0.4, 0.5) is 0 Å². The lowest BCUT2D eigenvalue weighted by atomic mass is 10.2. The molecule has 2 rings (SSSR count). The Morgan fingerprint density at radius 1 is 1.12 bits per heavy atom. The molecule has 1 saturated heterocycles. The Morgan fingerprint density at radius 2 is 1.73 bits per heavy atom. The molecule has 2 amide bonds. The van der Waals surface area contributed by atoms with Gasteiger partial charge in [-0.1, -0.05) is 30.3 Å². The summed E-state index contributed by atoms with van der Waals surface area (Å²) in [5.41, 5.74) is 6.91. The van der Waals surface area contributed by atoms with Crippen molar-refractivity contribution >= 4 is 36.6 Å². The lowest BCUT2D eigenvalue weighted by Gasteiger charge is -2.34. The lowest BCUT2D eigenvalue weighted by Crippen LogP contribution is -2.50. The third-order valence-electron chi connectivity index (χ3n) is 4.24. The SMILES string of the molecule is CC(N)CCC(=O)NCC(=O)N1CCN(Cc2ccccc2)CC1.Cl.Cl. The van der Waals surface area contributed by atoms with Crippen LogP contribution in [0.3, 0.4) is 0 Å². The number of piperazine rings is 1. The maximum Gasteiger partial charge on any atom is 0.242 e. The topological polar surface area (TPSA) is 78.7 Å². The average molecular weight is 405 g/mol. The van der Waals surface area contributed by atoms with Gasteiger partial charge in [-0.25, -0.2) is 0 Å². The van der Waals surface area contributed by atoms with E-state index in [2.05, 4.69) is 22.3 Å². The van der Waals surface area contributed by atoms with Crippen molar-refractivity contribution < 1.29 is 9.59 Å². The highest BCUT2D eigenvalue weighted by molar-refractivity contribution is 5.86. The molecule has 1 fully saturated rings. The molecule has 8 heteroatoms. The van der Waals surface area contributed by atoms with Gasteiger partial charge in [0, 0.05) is 45.2 Å². The van der Waals surface area contributed by atoms with Gasteiger partial charge in [-0.05, 0) is 18.9 Å². The number of hydrogen-bond acceptors (Lipinski definition) is 4. The molecule has 148 valence electrons. The quantitative estimate of drug-likeness (QED) is 0.719. The Morgan fingerprint density at radius 3 is 2.31 bits per heavy atom. The van der Waals surface area contributed by atoms with Crippen molar-refractivity contribution in [2.24, 2.45) is 5.73 Å². The molecule has 1 aromatic rings. The van der Waals surface area contributed by atoms with Crippen LogP contribution in [0.15, 0.2) is 30.3 Å². The second-order valence-corrected chi connectivity index (χ2v) is 6.44. The number of hydrogen-bond donors (Lipinski definition) is 2. The Labute approximate surface area is 168 Å². The van der Waals surface area contributed by atoms with Crippen LogP contribution in [-0.2, 0) is 16.1 Å². The summed E-state index contributed by atoms with van der Waals surface area (Å²) in [5.74, 6) is -0.119. The maximum absolute atomic E-state index is 12.2. The molecule has 26 heavy (non-hydrogen) atoms. The van der Waals surface area contributed by atoms with E-state index in [4.69, 9.17) is 5.73 Å². The van der Waals surface area contributed by atoms with Gasteiger partial charge in [-0.2, -0.15) is 0 Å². The number of nitrogens with two attached hydrogens (primary N) is 1. The molecule has 0 saturated carbocycles. The third kappa shape index (κ3) is 8.85. The second-order valence-electron chi connectivity index (χ2n) is 6.44. The molecule has 1 aromatic carbocycles. The molecular weight excluding hydrogens is 375 g/mol. The van der Waals surface area contributed by atoms with Crippen LogP contribution in [0.5, 0.6) is 0 Å². The Hall–Kier alpha value is -1.34. The van der Waals surface area contributed by atoms with Crippen molar-refractivity contribution in [3.63, 3.8) is 0 Å². The van der Waals surface area contributed by atoms with E-state index in [9.17, 15) is 9.59 Å². The van der Waals surface area contributed by atoms with Gasteiger partial charge < -0.3 is 16.0 Å². The first-order chi connectivity index (χ1) is 11.5. The summed E-state index contributed by atoms with van der Waals surface area (Å²) in [5, 5.41) is 2.69. The van der Waals surface area contributed by atoms with Crippen molar-refractivity contribution in [2.45, 2.75) is 32.4 Å². The molecule has 1 heterocycles. The van der Waals surface area contributed by atoms with E-state index >= 15 is 0 Å². The minimum atomic E-state index is -0.108. The number of nitrogens with one attached hydrogen (secondary N) is 1. The van der Waals surface area contributed by atoms with E-state index in [1.807, 2.05) is 30.0 Å². The smallest absolute Gasteiger partial charge is 0.242 e. The van der Waals surface area contributed by atoms with Gasteiger partial charge in [0.15, 0.2) is 0 Å². The number of amides is 2. The zero-order chi connectivity index (χ0) is 17.4. The van der Waals surface area contributed by atoms with E-state index in [0.717, 1.165) is 19.6 Å². The Kier molecular flexibility index (Phi) is 12.3. The highest BCUT2D eigenvalue weighted by Gasteiger charge is 2.21. The van der Waals surface area contributed by atoms with Crippen LogP contribution < -0.4 is 11.1 Å². The van der Waals surface area contributed by atoms with Crippen LogP contribution in [0, 0.1) is 0 Å². The fourth-order valence-corrected chi connectivity index (χ4v) is 2.73. The van der Waals surface area contributed by atoms with E-state index in [0.29, 0.717) is 25.9 Å². The molecule has 3 N–H and O–H groups in total. The summed E-state index contributed by atoms with van der Waals surface area (Å²) in [7, 11) is 0. The van der Waals surface area contributed by atoms with Crippen LogP contribution in [0.1, 0.15) is 25.3 Å². The lowest BCUT2D eigenvalue weighted by molar-refractivity contribution is -0.134. The molecule has 6 nitrogen and oxygen atoms in total. The van der Waals surface area contributed by atoms with E-state index in [1.54, 1.807) is 0 Å². The van der Waals surface area contributed by atoms with E-state index < -0.39 is 0 Å². The normalized spacial score (nSPS) is 15.4. The summed E-state index contributed by atoms with van der Waals surface area (Å²) in [6, 6.07) is 10.4. The van der Waals surface area contributed by atoms with Gasteiger partial charge in [0.2, 0.25) is 11.8 Å². The molecule has 1 aliphatic heterocycles. The first kappa shape index (κ1) is 24.7.